The first kappa shape index (κ1) is 21.3. The lowest BCUT2D eigenvalue weighted by atomic mass is 10.1. The first-order valence-corrected chi connectivity index (χ1v) is 10.5. The Kier molecular flexibility index (Phi) is 7.34. The molecule has 0 saturated heterocycles. The summed E-state index contributed by atoms with van der Waals surface area (Å²) in [5.74, 6) is -0.751. The molecule has 1 aromatic heterocycles. The highest BCUT2D eigenvalue weighted by Gasteiger charge is 2.16. The fraction of sp³-hybridized carbons (Fsp3) is 0.174. The maximum absolute atomic E-state index is 12.7. The van der Waals surface area contributed by atoms with E-state index in [1.807, 2.05) is 42.6 Å². The molecule has 3 aromatic rings. The molecule has 0 aliphatic rings. The van der Waals surface area contributed by atoms with Gasteiger partial charge in [0.15, 0.2) is 0 Å². The van der Waals surface area contributed by atoms with Gasteiger partial charge in [-0.25, -0.2) is 0 Å². The number of hydrogen-bond donors (Lipinski definition) is 3. The van der Waals surface area contributed by atoms with E-state index >= 15 is 0 Å². The Morgan fingerprint density at radius 1 is 0.900 bits per heavy atom. The summed E-state index contributed by atoms with van der Waals surface area (Å²) in [6.45, 7) is 2.12. The summed E-state index contributed by atoms with van der Waals surface area (Å²) in [5.41, 5.74) is 1.81. The third-order valence-corrected chi connectivity index (χ3v) is 5.34. The molecule has 7 heteroatoms. The van der Waals surface area contributed by atoms with E-state index in [-0.39, 0.29) is 36.7 Å². The number of benzene rings is 2. The van der Waals surface area contributed by atoms with Crippen molar-refractivity contribution in [2.75, 3.05) is 11.9 Å². The zero-order valence-electron chi connectivity index (χ0n) is 16.6. The van der Waals surface area contributed by atoms with E-state index in [4.69, 9.17) is 0 Å². The smallest absolute Gasteiger partial charge is 0.261 e. The van der Waals surface area contributed by atoms with Crippen molar-refractivity contribution in [1.82, 2.24) is 10.6 Å². The summed E-state index contributed by atoms with van der Waals surface area (Å²) in [6.07, 6.45) is 0.105. The summed E-state index contributed by atoms with van der Waals surface area (Å²) in [4.78, 5) is 37.6. The van der Waals surface area contributed by atoms with Crippen LogP contribution in [0, 0.1) is 0 Å². The van der Waals surface area contributed by atoms with Gasteiger partial charge in [-0.05, 0) is 36.1 Å². The molecule has 1 heterocycles. The third-order valence-electron chi connectivity index (χ3n) is 4.48. The number of nitrogens with one attached hydrogen (secondary N) is 3. The first-order chi connectivity index (χ1) is 14.5. The highest BCUT2D eigenvalue weighted by atomic mass is 32.1. The standard InChI is InChI=1S/C23H23N3O3S/c1-16(17-8-3-2-4-9-17)25-22(28)18-10-5-6-11-19(18)26-21(27)13-14-24-23(29)20-12-7-15-30-20/h2-12,15-16H,13-14H2,1H3,(H,24,29)(H,25,28)(H,26,27). The fourth-order valence-corrected chi connectivity index (χ4v) is 3.53. The van der Waals surface area contributed by atoms with Gasteiger partial charge in [0.1, 0.15) is 0 Å². The molecule has 1 unspecified atom stereocenters. The average molecular weight is 422 g/mol. The minimum atomic E-state index is -0.280. The second-order valence-corrected chi connectivity index (χ2v) is 7.63. The van der Waals surface area contributed by atoms with Crippen LogP contribution in [0.25, 0.3) is 0 Å². The zero-order valence-corrected chi connectivity index (χ0v) is 17.4. The van der Waals surface area contributed by atoms with Crippen LogP contribution in [-0.2, 0) is 4.79 Å². The van der Waals surface area contributed by atoms with Crippen LogP contribution in [-0.4, -0.2) is 24.3 Å². The molecule has 0 radical (unpaired) electrons. The summed E-state index contributed by atoms with van der Waals surface area (Å²) in [7, 11) is 0. The molecule has 0 spiro atoms. The molecule has 0 aliphatic carbocycles. The minimum absolute atomic E-state index is 0.105. The lowest BCUT2D eigenvalue weighted by molar-refractivity contribution is -0.116. The Labute approximate surface area is 179 Å². The molecule has 30 heavy (non-hydrogen) atoms. The van der Waals surface area contributed by atoms with Gasteiger partial charge < -0.3 is 16.0 Å². The molecule has 0 fully saturated rings. The predicted molar refractivity (Wildman–Crippen MR) is 119 cm³/mol. The molecule has 154 valence electrons. The molecule has 0 saturated carbocycles. The number of para-hydroxylation sites is 1. The van der Waals surface area contributed by atoms with E-state index in [9.17, 15) is 14.4 Å². The van der Waals surface area contributed by atoms with E-state index in [0.29, 0.717) is 16.1 Å². The normalized spacial score (nSPS) is 11.4. The van der Waals surface area contributed by atoms with Crippen molar-refractivity contribution in [3.8, 4) is 0 Å². The lowest BCUT2D eigenvalue weighted by Crippen LogP contribution is -2.29. The number of anilines is 1. The van der Waals surface area contributed by atoms with E-state index in [1.165, 1.54) is 11.3 Å². The van der Waals surface area contributed by atoms with Gasteiger partial charge in [-0.3, -0.25) is 14.4 Å². The number of amides is 3. The maximum atomic E-state index is 12.7. The lowest BCUT2D eigenvalue weighted by Gasteiger charge is -2.16. The highest BCUT2D eigenvalue weighted by molar-refractivity contribution is 7.12. The molecular formula is C23H23N3O3S. The van der Waals surface area contributed by atoms with Gasteiger partial charge in [-0.1, -0.05) is 48.5 Å². The number of carbonyl (C=O) groups excluding carboxylic acids is 3. The molecule has 0 aliphatic heterocycles. The molecule has 3 rings (SSSR count). The predicted octanol–water partition coefficient (Wildman–Crippen LogP) is 4.00. The van der Waals surface area contributed by atoms with Gasteiger partial charge in [-0.15, -0.1) is 11.3 Å². The Hall–Kier alpha value is -3.45. The second kappa shape index (κ2) is 10.4. The van der Waals surface area contributed by atoms with Crippen molar-refractivity contribution >= 4 is 34.7 Å². The summed E-state index contributed by atoms with van der Waals surface area (Å²) in [6, 6.07) is 19.9. The molecule has 6 nitrogen and oxygen atoms in total. The van der Waals surface area contributed by atoms with Crippen LogP contribution in [0.1, 0.15) is 45.0 Å². The maximum Gasteiger partial charge on any atom is 0.261 e. The topological polar surface area (TPSA) is 87.3 Å². The van der Waals surface area contributed by atoms with Crippen LogP contribution < -0.4 is 16.0 Å². The van der Waals surface area contributed by atoms with Crippen LogP contribution >= 0.6 is 11.3 Å². The summed E-state index contributed by atoms with van der Waals surface area (Å²) in [5, 5.41) is 10.3. The van der Waals surface area contributed by atoms with Gasteiger partial charge in [0.05, 0.1) is 22.2 Å². The number of rotatable bonds is 8. The summed E-state index contributed by atoms with van der Waals surface area (Å²) >= 11 is 1.34. The number of carbonyl (C=O) groups is 3. The Balaban J connectivity index is 1.55. The van der Waals surface area contributed by atoms with Crippen LogP contribution in [0.15, 0.2) is 72.1 Å². The molecular weight excluding hydrogens is 398 g/mol. The highest BCUT2D eigenvalue weighted by Crippen LogP contribution is 2.18. The SMILES string of the molecule is CC(NC(=O)c1ccccc1NC(=O)CCNC(=O)c1cccs1)c1ccccc1. The van der Waals surface area contributed by atoms with E-state index in [1.54, 1.807) is 36.4 Å². The van der Waals surface area contributed by atoms with Crippen molar-refractivity contribution in [3.63, 3.8) is 0 Å². The molecule has 3 amide bonds. The van der Waals surface area contributed by atoms with Crippen LogP contribution in [0.4, 0.5) is 5.69 Å². The van der Waals surface area contributed by atoms with Crippen molar-refractivity contribution < 1.29 is 14.4 Å². The second-order valence-electron chi connectivity index (χ2n) is 6.68. The quantitative estimate of drug-likeness (QED) is 0.514. The van der Waals surface area contributed by atoms with Crippen molar-refractivity contribution in [1.29, 1.82) is 0 Å². The number of hydrogen-bond acceptors (Lipinski definition) is 4. The fourth-order valence-electron chi connectivity index (χ4n) is 2.89. The van der Waals surface area contributed by atoms with Crippen LogP contribution in [0.3, 0.4) is 0 Å². The molecule has 0 bridgehead atoms. The zero-order chi connectivity index (χ0) is 21.3. The van der Waals surface area contributed by atoms with Crippen molar-refractivity contribution in [2.24, 2.45) is 0 Å². The largest absolute Gasteiger partial charge is 0.351 e. The third kappa shape index (κ3) is 5.78. The van der Waals surface area contributed by atoms with E-state index < -0.39 is 0 Å². The Bertz CT molecular complexity index is 1000. The van der Waals surface area contributed by atoms with Crippen LogP contribution in [0.2, 0.25) is 0 Å². The van der Waals surface area contributed by atoms with Crippen LogP contribution in [0.5, 0.6) is 0 Å². The van der Waals surface area contributed by atoms with Crippen molar-refractivity contribution in [3.05, 3.63) is 88.1 Å². The Morgan fingerprint density at radius 2 is 1.63 bits per heavy atom. The monoisotopic (exact) mass is 421 g/mol. The Morgan fingerprint density at radius 3 is 2.37 bits per heavy atom. The molecule has 2 aromatic carbocycles. The first-order valence-electron chi connectivity index (χ1n) is 9.61. The molecule has 1 atom stereocenters. The van der Waals surface area contributed by atoms with Gasteiger partial charge in [0.2, 0.25) is 5.91 Å². The van der Waals surface area contributed by atoms with Crippen molar-refractivity contribution in [2.45, 2.75) is 19.4 Å². The summed E-state index contributed by atoms with van der Waals surface area (Å²) < 4.78 is 0. The van der Waals surface area contributed by atoms with Gasteiger partial charge in [0, 0.05) is 13.0 Å². The van der Waals surface area contributed by atoms with Gasteiger partial charge in [0.25, 0.3) is 11.8 Å². The van der Waals surface area contributed by atoms with Gasteiger partial charge in [-0.2, -0.15) is 0 Å². The minimum Gasteiger partial charge on any atom is -0.351 e. The van der Waals surface area contributed by atoms with Gasteiger partial charge >= 0.3 is 0 Å². The van der Waals surface area contributed by atoms with E-state index in [0.717, 1.165) is 5.56 Å². The van der Waals surface area contributed by atoms with E-state index in [2.05, 4.69) is 16.0 Å². The average Bonchev–Trinajstić information content (AvgIpc) is 3.29. The molecule has 3 N–H and O–H groups in total. The number of thiophene rings is 1.